The van der Waals surface area contributed by atoms with Crippen LogP contribution in [0.4, 0.5) is 24.5 Å². The van der Waals surface area contributed by atoms with Crippen LogP contribution >= 0.6 is 11.6 Å². The normalized spacial score (nSPS) is 11.9. The molecule has 140 valence electrons. The highest BCUT2D eigenvalue weighted by Gasteiger charge is 2.35. The number of anilines is 1. The van der Waals surface area contributed by atoms with Crippen molar-refractivity contribution >= 4 is 33.0 Å². The van der Waals surface area contributed by atoms with Gasteiger partial charge in [-0.15, -0.1) is 0 Å². The van der Waals surface area contributed by atoms with E-state index in [2.05, 4.69) is 0 Å². The number of alkyl halides is 3. The van der Waals surface area contributed by atoms with E-state index in [1.165, 1.54) is 0 Å². The lowest BCUT2D eigenvalue weighted by atomic mass is 10.2. The van der Waals surface area contributed by atoms with Gasteiger partial charge in [-0.1, -0.05) is 11.6 Å². The van der Waals surface area contributed by atoms with E-state index in [1.54, 1.807) is 4.72 Å². The molecule has 0 saturated carbocycles. The lowest BCUT2D eigenvalue weighted by Crippen LogP contribution is -2.17. The molecule has 1 N–H and O–H groups in total. The average molecular weight is 411 g/mol. The first kappa shape index (κ1) is 19.8. The molecule has 2 aromatic rings. The Kier molecular flexibility index (Phi) is 5.33. The minimum atomic E-state index is -4.87. The van der Waals surface area contributed by atoms with E-state index in [9.17, 15) is 31.7 Å². The third-order valence-electron chi connectivity index (χ3n) is 3.19. The predicted octanol–water partition coefficient (Wildman–Crippen LogP) is 4.08. The Morgan fingerprint density at radius 1 is 1.19 bits per heavy atom. The average Bonchev–Trinajstić information content (AvgIpc) is 2.54. The molecule has 0 aliphatic carbocycles. The monoisotopic (exact) mass is 410 g/mol. The summed E-state index contributed by atoms with van der Waals surface area (Å²) in [5.41, 5.74) is -2.71. The largest absolute Gasteiger partial charge is 0.490 e. The second kappa shape index (κ2) is 7.00. The molecular formula is C14H10ClF3N2O5S. The zero-order valence-corrected chi connectivity index (χ0v) is 14.4. The summed E-state index contributed by atoms with van der Waals surface area (Å²) in [7, 11) is -3.39. The number of hydrogen-bond acceptors (Lipinski definition) is 5. The van der Waals surface area contributed by atoms with Gasteiger partial charge in [0, 0.05) is 11.1 Å². The highest BCUT2D eigenvalue weighted by atomic mass is 35.5. The van der Waals surface area contributed by atoms with Crippen LogP contribution < -0.4 is 9.46 Å². The van der Waals surface area contributed by atoms with Gasteiger partial charge in [-0.2, -0.15) is 13.2 Å². The van der Waals surface area contributed by atoms with Crippen molar-refractivity contribution in [3.8, 4) is 5.75 Å². The van der Waals surface area contributed by atoms with Gasteiger partial charge in [-0.05, 0) is 30.3 Å². The van der Waals surface area contributed by atoms with Crippen molar-refractivity contribution in [2.24, 2.45) is 0 Å². The Bertz CT molecular complexity index is 964. The fourth-order valence-electron chi connectivity index (χ4n) is 2.02. The van der Waals surface area contributed by atoms with Crippen LogP contribution in [0.2, 0.25) is 5.02 Å². The van der Waals surface area contributed by atoms with Crippen LogP contribution in [0, 0.1) is 10.1 Å². The van der Waals surface area contributed by atoms with Crippen LogP contribution in [0.5, 0.6) is 5.75 Å². The van der Waals surface area contributed by atoms with Crippen molar-refractivity contribution in [3.05, 3.63) is 57.1 Å². The molecule has 0 atom stereocenters. The maximum atomic E-state index is 13.1. The smallest absolute Gasteiger partial charge is 0.418 e. The molecular weight excluding hydrogens is 401 g/mol. The SMILES string of the molecule is COc1ccc(S(=O)(=O)Nc2ccc(Cl)cc2C(F)(F)F)cc1[N+](=O)[O-]. The van der Waals surface area contributed by atoms with Crippen molar-refractivity contribution in [1.29, 1.82) is 0 Å². The maximum Gasteiger partial charge on any atom is 0.418 e. The summed E-state index contributed by atoms with van der Waals surface area (Å²) in [6.07, 6.45) is -4.87. The summed E-state index contributed by atoms with van der Waals surface area (Å²) < 4.78 is 70.5. The molecule has 0 aliphatic heterocycles. The first-order valence-corrected chi connectivity index (χ1v) is 8.54. The van der Waals surface area contributed by atoms with E-state index in [1.807, 2.05) is 0 Å². The minimum absolute atomic E-state index is 0.198. The molecule has 26 heavy (non-hydrogen) atoms. The van der Waals surface area contributed by atoms with E-state index < -0.39 is 43.0 Å². The first-order valence-electron chi connectivity index (χ1n) is 6.67. The fraction of sp³-hybridized carbons (Fsp3) is 0.143. The Balaban J connectivity index is 2.51. The van der Waals surface area contributed by atoms with E-state index in [0.29, 0.717) is 12.1 Å². The Morgan fingerprint density at radius 2 is 1.85 bits per heavy atom. The number of methoxy groups -OCH3 is 1. The van der Waals surface area contributed by atoms with E-state index in [0.717, 1.165) is 31.4 Å². The van der Waals surface area contributed by atoms with Gasteiger partial charge in [-0.3, -0.25) is 14.8 Å². The summed E-state index contributed by atoms with van der Waals surface area (Å²) in [6.45, 7) is 0. The standard InChI is InChI=1S/C14H10ClF3N2O5S/c1-25-13-5-3-9(7-12(13)20(21)22)26(23,24)19-11-4-2-8(15)6-10(11)14(16,17)18/h2-7,19H,1H3. The quantitative estimate of drug-likeness (QED) is 0.591. The van der Waals surface area contributed by atoms with Gasteiger partial charge >= 0.3 is 11.9 Å². The van der Waals surface area contributed by atoms with Crippen LogP contribution in [-0.4, -0.2) is 20.5 Å². The molecule has 2 aromatic carbocycles. The number of sulfonamides is 1. The topological polar surface area (TPSA) is 98.5 Å². The van der Waals surface area contributed by atoms with Crippen molar-refractivity contribution < 1.29 is 31.2 Å². The van der Waals surface area contributed by atoms with Crippen molar-refractivity contribution in [1.82, 2.24) is 0 Å². The lowest BCUT2D eigenvalue weighted by Gasteiger charge is -2.15. The van der Waals surface area contributed by atoms with Crippen LogP contribution in [0.1, 0.15) is 5.56 Å². The van der Waals surface area contributed by atoms with Gasteiger partial charge in [0.15, 0.2) is 5.75 Å². The lowest BCUT2D eigenvalue weighted by molar-refractivity contribution is -0.386. The zero-order valence-electron chi connectivity index (χ0n) is 12.9. The molecule has 12 heteroatoms. The highest BCUT2D eigenvalue weighted by Crippen LogP contribution is 2.38. The molecule has 0 aromatic heterocycles. The van der Waals surface area contributed by atoms with Crippen LogP contribution in [0.15, 0.2) is 41.3 Å². The zero-order chi connectivity index (χ0) is 19.7. The van der Waals surface area contributed by atoms with E-state index in [4.69, 9.17) is 16.3 Å². The molecule has 2 rings (SSSR count). The minimum Gasteiger partial charge on any atom is -0.490 e. The Morgan fingerprint density at radius 3 is 2.38 bits per heavy atom. The summed E-state index contributed by atoms with van der Waals surface area (Å²) in [5, 5.41) is 10.8. The number of nitrogens with one attached hydrogen (secondary N) is 1. The van der Waals surface area contributed by atoms with Crippen molar-refractivity contribution in [3.63, 3.8) is 0 Å². The van der Waals surface area contributed by atoms with Crippen molar-refractivity contribution in [2.45, 2.75) is 11.1 Å². The van der Waals surface area contributed by atoms with Crippen LogP contribution in [-0.2, 0) is 16.2 Å². The molecule has 0 aliphatic rings. The molecule has 7 nitrogen and oxygen atoms in total. The molecule has 0 amide bonds. The number of halogens is 4. The summed E-state index contributed by atoms with van der Waals surface area (Å²) in [4.78, 5) is 9.51. The fourth-order valence-corrected chi connectivity index (χ4v) is 3.29. The predicted molar refractivity (Wildman–Crippen MR) is 86.9 cm³/mol. The van der Waals surface area contributed by atoms with Gasteiger partial charge in [0.05, 0.1) is 28.2 Å². The molecule has 0 heterocycles. The second-order valence-corrected chi connectivity index (χ2v) is 7.00. The third-order valence-corrected chi connectivity index (χ3v) is 4.79. The van der Waals surface area contributed by atoms with Gasteiger partial charge < -0.3 is 4.74 Å². The van der Waals surface area contributed by atoms with Gasteiger partial charge in [0.1, 0.15) is 0 Å². The summed E-state index contributed by atoms with van der Waals surface area (Å²) >= 11 is 5.53. The number of nitrogens with zero attached hydrogens (tertiary/aromatic N) is 1. The highest BCUT2D eigenvalue weighted by molar-refractivity contribution is 7.92. The van der Waals surface area contributed by atoms with E-state index >= 15 is 0 Å². The molecule has 0 spiro atoms. The maximum absolute atomic E-state index is 13.1. The third kappa shape index (κ3) is 4.17. The second-order valence-electron chi connectivity index (χ2n) is 4.88. The molecule has 0 saturated heterocycles. The van der Waals surface area contributed by atoms with Gasteiger partial charge in [0.2, 0.25) is 0 Å². The van der Waals surface area contributed by atoms with Crippen LogP contribution in [0.25, 0.3) is 0 Å². The number of nitro groups is 1. The summed E-state index contributed by atoms with van der Waals surface area (Å²) in [6, 6.07) is 5.17. The molecule has 0 fully saturated rings. The number of benzene rings is 2. The van der Waals surface area contributed by atoms with Crippen LogP contribution in [0.3, 0.4) is 0 Å². The van der Waals surface area contributed by atoms with Gasteiger partial charge in [0.25, 0.3) is 10.0 Å². The van der Waals surface area contributed by atoms with Crippen molar-refractivity contribution in [2.75, 3.05) is 11.8 Å². The molecule has 0 bridgehead atoms. The van der Waals surface area contributed by atoms with Gasteiger partial charge in [-0.25, -0.2) is 8.42 Å². The Labute approximate surface area is 150 Å². The molecule has 0 radical (unpaired) electrons. The Hall–Kier alpha value is -2.53. The summed E-state index contributed by atoms with van der Waals surface area (Å²) in [5.74, 6) is -0.198. The number of ether oxygens (including phenoxy) is 1. The first-order chi connectivity index (χ1) is 12.0. The van der Waals surface area contributed by atoms with E-state index in [-0.39, 0.29) is 10.8 Å². The number of hydrogen-bond donors (Lipinski definition) is 1. The molecule has 0 unspecified atom stereocenters. The number of rotatable bonds is 5. The number of nitro benzene ring substituents is 1.